The zero-order valence-electron chi connectivity index (χ0n) is 13.2. The largest absolute Gasteiger partial charge is 0.353 e. The van der Waals surface area contributed by atoms with Crippen LogP contribution >= 0.6 is 24.8 Å². The van der Waals surface area contributed by atoms with Crippen molar-refractivity contribution >= 4 is 41.8 Å². The number of aryl methyl sites for hydroxylation is 2. The number of halogens is 2. The van der Waals surface area contributed by atoms with Crippen LogP contribution < -0.4 is 10.6 Å². The van der Waals surface area contributed by atoms with E-state index in [1.807, 2.05) is 12.1 Å². The third-order valence-electron chi connectivity index (χ3n) is 4.06. The van der Waals surface area contributed by atoms with Crippen molar-refractivity contribution in [3.63, 3.8) is 0 Å². The van der Waals surface area contributed by atoms with Crippen LogP contribution in [-0.4, -0.2) is 35.0 Å². The average molecular weight is 359 g/mol. The summed E-state index contributed by atoms with van der Waals surface area (Å²) in [6.45, 7) is 4.04. The van der Waals surface area contributed by atoms with Crippen LogP contribution in [0.15, 0.2) is 18.2 Å². The molecule has 0 atom stereocenters. The van der Waals surface area contributed by atoms with E-state index in [1.165, 1.54) is 0 Å². The van der Waals surface area contributed by atoms with Gasteiger partial charge in [0.15, 0.2) is 0 Å². The molecule has 1 amide bonds. The number of carbonyl (C=O) groups is 1. The maximum atomic E-state index is 12.0. The Morgan fingerprint density at radius 1 is 1.30 bits per heavy atom. The van der Waals surface area contributed by atoms with Gasteiger partial charge in [-0.15, -0.1) is 24.8 Å². The lowest BCUT2D eigenvalue weighted by Gasteiger charge is -2.23. The standard InChI is InChI=1S/C16H22N4O.2ClH/c1-11-3-2-4-13-16(11)20-14(19-13)5-6-15(21)18-12-7-9-17-10-8-12;;/h2-4,12,17H,5-10H2,1H3,(H,18,21)(H,19,20);2*1H. The smallest absolute Gasteiger partial charge is 0.220 e. The number of aromatic nitrogens is 2. The fraction of sp³-hybridized carbons (Fsp3) is 0.500. The SMILES string of the molecule is Cc1cccc2[nH]c(CCC(=O)NC3CCNCC3)nc12.Cl.Cl. The fourth-order valence-corrected chi connectivity index (χ4v) is 2.84. The highest BCUT2D eigenvalue weighted by atomic mass is 35.5. The molecule has 5 nitrogen and oxygen atoms in total. The van der Waals surface area contributed by atoms with E-state index in [0.29, 0.717) is 18.9 Å². The normalized spacial score (nSPS) is 14.8. The van der Waals surface area contributed by atoms with Crippen LogP contribution in [0.5, 0.6) is 0 Å². The molecule has 0 saturated carbocycles. The molecule has 0 aliphatic carbocycles. The highest BCUT2D eigenvalue weighted by Crippen LogP contribution is 2.16. The molecule has 0 unspecified atom stereocenters. The molecule has 7 heteroatoms. The van der Waals surface area contributed by atoms with Crippen LogP contribution in [0.4, 0.5) is 0 Å². The van der Waals surface area contributed by atoms with Crippen molar-refractivity contribution in [2.24, 2.45) is 0 Å². The molecule has 1 aromatic heterocycles. The van der Waals surface area contributed by atoms with E-state index in [-0.39, 0.29) is 30.7 Å². The first-order valence-corrected chi connectivity index (χ1v) is 7.66. The molecular formula is C16H24Cl2N4O. The van der Waals surface area contributed by atoms with Crippen molar-refractivity contribution in [3.05, 3.63) is 29.6 Å². The number of H-pyrrole nitrogens is 1. The predicted molar refractivity (Wildman–Crippen MR) is 97.7 cm³/mol. The average Bonchev–Trinajstić information content (AvgIpc) is 2.91. The third-order valence-corrected chi connectivity index (χ3v) is 4.06. The number of nitrogens with one attached hydrogen (secondary N) is 3. The first kappa shape index (κ1) is 19.7. The lowest BCUT2D eigenvalue weighted by Crippen LogP contribution is -2.42. The minimum atomic E-state index is 0. The zero-order chi connectivity index (χ0) is 14.7. The molecule has 1 saturated heterocycles. The molecule has 2 heterocycles. The Balaban J connectivity index is 0.00000132. The first-order valence-electron chi connectivity index (χ1n) is 7.66. The van der Waals surface area contributed by atoms with Gasteiger partial charge in [-0.3, -0.25) is 4.79 Å². The maximum absolute atomic E-state index is 12.0. The van der Waals surface area contributed by atoms with Crippen LogP contribution in [0.25, 0.3) is 11.0 Å². The summed E-state index contributed by atoms with van der Waals surface area (Å²) < 4.78 is 0. The van der Waals surface area contributed by atoms with Gasteiger partial charge in [-0.05, 0) is 44.5 Å². The molecule has 1 fully saturated rings. The molecule has 0 bridgehead atoms. The van der Waals surface area contributed by atoms with Crippen LogP contribution in [0.1, 0.15) is 30.7 Å². The van der Waals surface area contributed by atoms with E-state index >= 15 is 0 Å². The lowest BCUT2D eigenvalue weighted by molar-refractivity contribution is -0.121. The van der Waals surface area contributed by atoms with Crippen molar-refractivity contribution in [2.45, 2.75) is 38.6 Å². The van der Waals surface area contributed by atoms with Gasteiger partial charge < -0.3 is 15.6 Å². The van der Waals surface area contributed by atoms with Gasteiger partial charge in [-0.2, -0.15) is 0 Å². The van der Waals surface area contributed by atoms with Crippen molar-refractivity contribution in [3.8, 4) is 0 Å². The number of rotatable bonds is 4. The number of hydrogen-bond donors (Lipinski definition) is 3. The molecule has 0 spiro atoms. The summed E-state index contributed by atoms with van der Waals surface area (Å²) in [6.07, 6.45) is 3.19. The summed E-state index contributed by atoms with van der Waals surface area (Å²) >= 11 is 0. The summed E-state index contributed by atoms with van der Waals surface area (Å²) in [7, 11) is 0. The van der Waals surface area contributed by atoms with Gasteiger partial charge in [-0.25, -0.2) is 4.98 Å². The van der Waals surface area contributed by atoms with Crippen LogP contribution in [-0.2, 0) is 11.2 Å². The third kappa shape index (κ3) is 5.09. The Bertz CT molecular complexity index is 638. The molecule has 1 aliphatic rings. The number of carbonyl (C=O) groups excluding carboxylic acids is 1. The summed E-state index contributed by atoms with van der Waals surface area (Å²) in [5.41, 5.74) is 3.21. The van der Waals surface area contributed by atoms with Gasteiger partial charge in [0.1, 0.15) is 5.82 Å². The van der Waals surface area contributed by atoms with Crippen molar-refractivity contribution in [1.29, 1.82) is 0 Å². The predicted octanol–water partition coefficient (Wildman–Crippen LogP) is 2.52. The zero-order valence-corrected chi connectivity index (χ0v) is 14.9. The van der Waals surface area contributed by atoms with Crippen LogP contribution in [0, 0.1) is 6.92 Å². The van der Waals surface area contributed by atoms with Crippen LogP contribution in [0.3, 0.4) is 0 Å². The quantitative estimate of drug-likeness (QED) is 0.786. The second-order valence-electron chi connectivity index (χ2n) is 5.75. The molecule has 3 rings (SSSR count). The molecule has 23 heavy (non-hydrogen) atoms. The molecule has 0 radical (unpaired) electrons. The summed E-state index contributed by atoms with van der Waals surface area (Å²) in [6, 6.07) is 6.42. The van der Waals surface area contributed by atoms with Gasteiger partial charge in [0.05, 0.1) is 11.0 Å². The molecule has 2 aromatic rings. The number of fused-ring (bicyclic) bond motifs is 1. The minimum Gasteiger partial charge on any atom is -0.353 e. The van der Waals surface area contributed by atoms with Gasteiger partial charge in [0.25, 0.3) is 0 Å². The van der Waals surface area contributed by atoms with Gasteiger partial charge >= 0.3 is 0 Å². The summed E-state index contributed by atoms with van der Waals surface area (Å²) in [5, 5.41) is 6.41. The number of piperidine rings is 1. The van der Waals surface area contributed by atoms with Gasteiger partial charge in [0, 0.05) is 18.9 Å². The number of nitrogens with zero attached hydrogens (tertiary/aromatic N) is 1. The number of hydrogen-bond acceptors (Lipinski definition) is 3. The lowest BCUT2D eigenvalue weighted by atomic mass is 10.1. The van der Waals surface area contributed by atoms with E-state index < -0.39 is 0 Å². The Morgan fingerprint density at radius 2 is 2.04 bits per heavy atom. The van der Waals surface area contributed by atoms with Crippen molar-refractivity contribution in [2.75, 3.05) is 13.1 Å². The minimum absolute atomic E-state index is 0. The molecule has 128 valence electrons. The fourth-order valence-electron chi connectivity index (χ4n) is 2.84. The van der Waals surface area contributed by atoms with E-state index in [1.54, 1.807) is 0 Å². The molecule has 1 aliphatic heterocycles. The Labute approximate surface area is 148 Å². The van der Waals surface area contributed by atoms with Gasteiger partial charge in [-0.1, -0.05) is 12.1 Å². The summed E-state index contributed by atoms with van der Waals surface area (Å²) in [5.74, 6) is 1.01. The Morgan fingerprint density at radius 3 is 2.74 bits per heavy atom. The van der Waals surface area contributed by atoms with Crippen LogP contribution in [0.2, 0.25) is 0 Å². The number of para-hydroxylation sites is 1. The number of benzene rings is 1. The van der Waals surface area contributed by atoms with Gasteiger partial charge in [0.2, 0.25) is 5.91 Å². The Hall–Kier alpha value is -1.30. The Kier molecular flexibility index (Phi) is 7.82. The summed E-state index contributed by atoms with van der Waals surface area (Å²) in [4.78, 5) is 19.9. The number of amides is 1. The molecule has 3 N–H and O–H groups in total. The number of imidazole rings is 1. The number of aromatic amines is 1. The highest BCUT2D eigenvalue weighted by molar-refractivity contribution is 5.85. The van der Waals surface area contributed by atoms with E-state index in [0.717, 1.165) is 48.4 Å². The molecule has 1 aromatic carbocycles. The second kappa shape index (κ2) is 9.11. The van der Waals surface area contributed by atoms with Crippen molar-refractivity contribution in [1.82, 2.24) is 20.6 Å². The van der Waals surface area contributed by atoms with E-state index in [9.17, 15) is 4.79 Å². The molecular weight excluding hydrogens is 335 g/mol. The first-order chi connectivity index (χ1) is 10.2. The highest BCUT2D eigenvalue weighted by Gasteiger charge is 2.15. The second-order valence-corrected chi connectivity index (χ2v) is 5.75. The topological polar surface area (TPSA) is 69.8 Å². The van der Waals surface area contributed by atoms with Crippen molar-refractivity contribution < 1.29 is 4.79 Å². The van der Waals surface area contributed by atoms with E-state index in [2.05, 4.69) is 33.6 Å². The maximum Gasteiger partial charge on any atom is 0.220 e. The monoisotopic (exact) mass is 358 g/mol. The van der Waals surface area contributed by atoms with E-state index in [4.69, 9.17) is 0 Å².